The van der Waals surface area contributed by atoms with E-state index in [2.05, 4.69) is 26.1 Å². The van der Waals surface area contributed by atoms with Crippen LogP contribution < -0.4 is 15.0 Å². The number of hydrogen-bond donors (Lipinski definition) is 2. The first-order chi connectivity index (χ1) is 25.7. The highest BCUT2D eigenvalue weighted by Gasteiger charge is 2.33. The second kappa shape index (κ2) is 16.6. The Bertz CT molecular complexity index is 2060. The Balaban J connectivity index is 0.000000340. The van der Waals surface area contributed by atoms with Gasteiger partial charge < -0.3 is 20.1 Å². The fraction of sp³-hybridized carbons (Fsp3) is 0.450. The number of thioether (sulfide) groups is 1. The number of nitrogens with one attached hydrogen (secondary N) is 1. The second-order valence-electron chi connectivity index (χ2n) is 13.4. The number of aryl methyl sites for hydroxylation is 1. The molecule has 8 rings (SSSR count). The van der Waals surface area contributed by atoms with Gasteiger partial charge in [0.05, 0.1) is 36.9 Å². The zero-order valence-electron chi connectivity index (χ0n) is 31.0. The molecule has 6 heterocycles. The molecular formula is C40H47F2N7O3S. The van der Waals surface area contributed by atoms with Crippen LogP contribution in [0, 0.1) is 25.1 Å². The zero-order chi connectivity index (χ0) is 37.8. The Kier molecular flexibility index (Phi) is 11.9. The number of ether oxygens (including phenoxy) is 1. The molecule has 2 unspecified atom stereocenters. The molecule has 280 valence electrons. The molecule has 0 radical (unpaired) electrons. The van der Waals surface area contributed by atoms with Gasteiger partial charge in [-0.3, -0.25) is 14.4 Å². The molecule has 0 bridgehead atoms. The van der Waals surface area contributed by atoms with Gasteiger partial charge in [0, 0.05) is 66.7 Å². The lowest BCUT2D eigenvalue weighted by atomic mass is 9.94. The fourth-order valence-corrected chi connectivity index (χ4v) is 9.14. The van der Waals surface area contributed by atoms with Crippen molar-refractivity contribution in [1.29, 1.82) is 0 Å². The second-order valence-corrected chi connectivity index (χ2v) is 14.6. The smallest absolute Gasteiger partial charge is 0.318 e. The molecule has 2 atom stereocenters. The SMILES string of the molecule is C#Cc1c(F)ccc2cc(O)cc(C3Cc4nc(OC)nc(N5CCCn6nc(C(=O)NC)c(C)c6C5)c4CS3)c12.CC.F/C=C1/CC2CCCN2C1. The van der Waals surface area contributed by atoms with E-state index in [9.17, 15) is 18.7 Å². The predicted molar refractivity (Wildman–Crippen MR) is 206 cm³/mol. The summed E-state index contributed by atoms with van der Waals surface area (Å²) in [6, 6.07) is 7.20. The molecule has 0 saturated carbocycles. The first-order valence-electron chi connectivity index (χ1n) is 18.3. The number of rotatable bonds is 4. The van der Waals surface area contributed by atoms with Gasteiger partial charge in [0.15, 0.2) is 5.69 Å². The van der Waals surface area contributed by atoms with Crippen molar-refractivity contribution in [3.63, 3.8) is 0 Å². The Hall–Kier alpha value is -4.67. The number of nitrogens with zero attached hydrogens (tertiary/aromatic N) is 6. The number of carbonyl (C=O) groups is 1. The van der Waals surface area contributed by atoms with Gasteiger partial charge in [0.1, 0.15) is 17.4 Å². The van der Waals surface area contributed by atoms with Crippen LogP contribution in [0.5, 0.6) is 11.8 Å². The largest absolute Gasteiger partial charge is 0.508 e. The molecule has 1 amide bonds. The lowest BCUT2D eigenvalue weighted by molar-refractivity contribution is 0.0956. The van der Waals surface area contributed by atoms with Crippen molar-refractivity contribution in [3.8, 4) is 24.1 Å². The van der Waals surface area contributed by atoms with Gasteiger partial charge in [-0.2, -0.15) is 15.1 Å². The highest BCUT2D eigenvalue weighted by atomic mass is 32.2. The molecule has 13 heteroatoms. The summed E-state index contributed by atoms with van der Waals surface area (Å²) in [5.41, 5.74) is 6.08. The number of benzene rings is 2. The van der Waals surface area contributed by atoms with E-state index >= 15 is 0 Å². The normalized spacial score (nSPS) is 19.9. The van der Waals surface area contributed by atoms with Crippen molar-refractivity contribution in [2.24, 2.45) is 0 Å². The van der Waals surface area contributed by atoms with E-state index in [1.807, 2.05) is 25.5 Å². The van der Waals surface area contributed by atoms with Crippen molar-refractivity contribution >= 4 is 34.3 Å². The number of aromatic hydroxyl groups is 1. The number of halogens is 2. The molecule has 0 aliphatic carbocycles. The van der Waals surface area contributed by atoms with Crippen LogP contribution in [0.1, 0.15) is 88.9 Å². The Morgan fingerprint density at radius 2 is 1.96 bits per heavy atom. The molecule has 0 spiro atoms. The number of methoxy groups -OCH3 is 1. The van der Waals surface area contributed by atoms with Gasteiger partial charge in [0.2, 0.25) is 0 Å². The number of carbonyl (C=O) groups excluding carboxylic acids is 1. The number of phenolic OH excluding ortho intramolecular Hbond substituents is 1. The summed E-state index contributed by atoms with van der Waals surface area (Å²) >= 11 is 1.68. The van der Waals surface area contributed by atoms with Crippen LogP contribution in [-0.4, -0.2) is 75.5 Å². The number of fused-ring (bicyclic) bond motifs is 4. The summed E-state index contributed by atoms with van der Waals surface area (Å²) in [6.07, 6.45) is 11.4. The topological polar surface area (TPSA) is 109 Å². The first kappa shape index (κ1) is 38.1. The predicted octanol–water partition coefficient (Wildman–Crippen LogP) is 7.00. The summed E-state index contributed by atoms with van der Waals surface area (Å²) < 4.78 is 34.2. The Morgan fingerprint density at radius 3 is 2.68 bits per heavy atom. The number of terminal acetylenes is 1. The number of amides is 1. The molecule has 2 aromatic heterocycles. The maximum absolute atomic E-state index is 14.7. The fourth-order valence-electron chi connectivity index (χ4n) is 7.83. The molecule has 2 N–H and O–H groups in total. The Labute approximate surface area is 314 Å². The van der Waals surface area contributed by atoms with E-state index in [4.69, 9.17) is 21.1 Å². The summed E-state index contributed by atoms with van der Waals surface area (Å²) in [5, 5.41) is 19.0. The van der Waals surface area contributed by atoms with Crippen LogP contribution in [0.25, 0.3) is 10.8 Å². The van der Waals surface area contributed by atoms with Gasteiger partial charge in [-0.05, 0) is 73.9 Å². The third kappa shape index (κ3) is 7.57. The molecular weight excluding hydrogens is 697 g/mol. The van der Waals surface area contributed by atoms with Crippen LogP contribution in [0.2, 0.25) is 0 Å². The van der Waals surface area contributed by atoms with Crippen LogP contribution in [0.3, 0.4) is 0 Å². The van der Waals surface area contributed by atoms with Gasteiger partial charge in [-0.25, -0.2) is 8.78 Å². The van der Waals surface area contributed by atoms with Gasteiger partial charge in [0.25, 0.3) is 5.91 Å². The van der Waals surface area contributed by atoms with Crippen LogP contribution in [0.15, 0.2) is 36.2 Å². The van der Waals surface area contributed by atoms with Gasteiger partial charge in [-0.15, -0.1) is 18.2 Å². The van der Waals surface area contributed by atoms with Crippen molar-refractivity contribution in [2.75, 3.05) is 38.7 Å². The monoisotopic (exact) mass is 743 g/mol. The standard InChI is InChI=1S/C30H29FN6O3S.C8H12FN.C2H6/c1-5-19-22(31)8-7-17-11-18(38)12-20(26(17)19)25-13-23-21(15-41-25)28(34-30(33-23)40-4)36-9-6-10-37-24(14-36)16(2)27(35-37)29(39)32-3;9-5-7-4-8-2-1-3-10(8)6-7;1-2/h1,7-8,11-12,25,38H,6,9-10,13-15H2,2-4H3,(H,32,39);5,8H,1-4,6H2;1-2H3/b;7-5-;. The highest BCUT2D eigenvalue weighted by Crippen LogP contribution is 2.47. The van der Waals surface area contributed by atoms with E-state index < -0.39 is 5.82 Å². The van der Waals surface area contributed by atoms with Gasteiger partial charge >= 0.3 is 6.01 Å². The summed E-state index contributed by atoms with van der Waals surface area (Å²) in [7, 11) is 3.15. The van der Waals surface area contributed by atoms with Crippen LogP contribution in [-0.2, 0) is 25.3 Å². The molecule has 4 aliphatic rings. The maximum atomic E-state index is 14.7. The lowest BCUT2D eigenvalue weighted by Crippen LogP contribution is -2.27. The minimum absolute atomic E-state index is 0.0992. The Morgan fingerprint density at radius 1 is 1.15 bits per heavy atom. The third-order valence-electron chi connectivity index (χ3n) is 10.4. The zero-order valence-corrected chi connectivity index (χ0v) is 31.8. The van der Waals surface area contributed by atoms with Crippen molar-refractivity contribution < 1.29 is 23.4 Å². The maximum Gasteiger partial charge on any atom is 0.318 e. The van der Waals surface area contributed by atoms with Crippen molar-refractivity contribution in [1.82, 2.24) is 30.0 Å². The number of phenols is 1. The van der Waals surface area contributed by atoms with Crippen LogP contribution >= 0.6 is 11.8 Å². The molecule has 2 fully saturated rings. The molecule has 2 aromatic carbocycles. The first-order valence-corrected chi connectivity index (χ1v) is 19.3. The summed E-state index contributed by atoms with van der Waals surface area (Å²) in [6.45, 7) is 9.99. The van der Waals surface area contributed by atoms with E-state index in [0.29, 0.717) is 47.8 Å². The molecule has 4 aromatic rings. The van der Waals surface area contributed by atoms with E-state index in [1.54, 1.807) is 44.1 Å². The summed E-state index contributed by atoms with van der Waals surface area (Å²) in [4.78, 5) is 26.5. The van der Waals surface area contributed by atoms with E-state index in [0.717, 1.165) is 71.7 Å². The van der Waals surface area contributed by atoms with Gasteiger partial charge in [-0.1, -0.05) is 25.8 Å². The van der Waals surface area contributed by atoms with Crippen molar-refractivity contribution in [3.05, 3.63) is 81.3 Å². The summed E-state index contributed by atoms with van der Waals surface area (Å²) in [5.74, 6) is 3.34. The molecule has 10 nitrogen and oxygen atoms in total. The minimum atomic E-state index is -0.463. The van der Waals surface area contributed by atoms with E-state index in [1.165, 1.54) is 25.5 Å². The lowest BCUT2D eigenvalue weighted by Gasteiger charge is -2.30. The quantitative estimate of drug-likeness (QED) is 0.214. The highest BCUT2D eigenvalue weighted by molar-refractivity contribution is 7.98. The number of aromatic nitrogens is 4. The average molecular weight is 744 g/mol. The molecule has 4 aliphatic heterocycles. The molecule has 2 saturated heterocycles. The van der Waals surface area contributed by atoms with Crippen molar-refractivity contribution in [2.45, 2.75) is 83.0 Å². The number of anilines is 1. The minimum Gasteiger partial charge on any atom is -0.508 e. The van der Waals surface area contributed by atoms with E-state index in [-0.39, 0.29) is 28.5 Å². The average Bonchev–Trinajstić information content (AvgIpc) is 3.83. The molecule has 53 heavy (non-hydrogen) atoms. The third-order valence-corrected chi connectivity index (χ3v) is 11.7. The number of hydrogen-bond acceptors (Lipinski definition) is 9. The van der Waals surface area contributed by atoms with Crippen LogP contribution in [0.4, 0.5) is 14.6 Å².